The normalized spacial score (nSPS) is 11.4. The van der Waals surface area contributed by atoms with E-state index in [9.17, 15) is 13.2 Å². The molecule has 0 unspecified atom stereocenters. The van der Waals surface area contributed by atoms with E-state index in [0.717, 1.165) is 23.4 Å². The van der Waals surface area contributed by atoms with Crippen molar-refractivity contribution in [2.75, 3.05) is 11.9 Å². The number of nitrogens with one attached hydrogen (secondary N) is 1. The van der Waals surface area contributed by atoms with Crippen molar-refractivity contribution in [2.45, 2.75) is 19.6 Å². The van der Waals surface area contributed by atoms with E-state index >= 15 is 0 Å². The summed E-state index contributed by atoms with van der Waals surface area (Å²) in [4.78, 5) is 4.27. The summed E-state index contributed by atoms with van der Waals surface area (Å²) in [5, 5.41) is 6.85. The SMILES string of the molecule is CCOc1ccc(-c2noc(CNc3ccc(C(F)(F)F)cc3)n2)cc1. The van der Waals surface area contributed by atoms with Gasteiger partial charge in [-0.05, 0) is 55.5 Å². The second-order valence-corrected chi connectivity index (χ2v) is 5.40. The van der Waals surface area contributed by atoms with Gasteiger partial charge in [0.05, 0.1) is 18.7 Å². The van der Waals surface area contributed by atoms with Gasteiger partial charge in [-0.3, -0.25) is 0 Å². The van der Waals surface area contributed by atoms with Crippen LogP contribution in [0.5, 0.6) is 5.75 Å². The molecule has 0 amide bonds. The van der Waals surface area contributed by atoms with Crippen LogP contribution in [-0.4, -0.2) is 16.7 Å². The number of hydrogen-bond donors (Lipinski definition) is 1. The van der Waals surface area contributed by atoms with Crippen molar-refractivity contribution in [1.29, 1.82) is 0 Å². The van der Waals surface area contributed by atoms with Crippen molar-refractivity contribution in [1.82, 2.24) is 10.1 Å². The number of alkyl halides is 3. The first-order chi connectivity index (χ1) is 12.5. The topological polar surface area (TPSA) is 60.2 Å². The van der Waals surface area contributed by atoms with Crippen molar-refractivity contribution in [3.05, 3.63) is 60.0 Å². The van der Waals surface area contributed by atoms with E-state index in [-0.39, 0.29) is 6.54 Å². The lowest BCUT2D eigenvalue weighted by atomic mass is 10.2. The predicted molar refractivity (Wildman–Crippen MR) is 89.7 cm³/mol. The third-order valence-electron chi connectivity index (χ3n) is 3.55. The molecule has 26 heavy (non-hydrogen) atoms. The predicted octanol–water partition coefficient (Wildman–Crippen LogP) is 4.77. The minimum Gasteiger partial charge on any atom is -0.494 e. The van der Waals surface area contributed by atoms with Crippen molar-refractivity contribution in [3.63, 3.8) is 0 Å². The van der Waals surface area contributed by atoms with Crippen LogP contribution in [0.2, 0.25) is 0 Å². The summed E-state index contributed by atoms with van der Waals surface area (Å²) in [5.74, 6) is 1.51. The van der Waals surface area contributed by atoms with Crippen LogP contribution in [0.4, 0.5) is 18.9 Å². The van der Waals surface area contributed by atoms with E-state index in [1.54, 1.807) is 0 Å². The highest BCUT2D eigenvalue weighted by Crippen LogP contribution is 2.30. The van der Waals surface area contributed by atoms with Crippen molar-refractivity contribution >= 4 is 5.69 Å². The van der Waals surface area contributed by atoms with E-state index < -0.39 is 11.7 Å². The highest BCUT2D eigenvalue weighted by Gasteiger charge is 2.29. The third kappa shape index (κ3) is 4.33. The molecule has 0 bridgehead atoms. The average Bonchev–Trinajstić information content (AvgIpc) is 3.09. The average molecular weight is 363 g/mol. The lowest BCUT2D eigenvalue weighted by molar-refractivity contribution is -0.137. The quantitative estimate of drug-likeness (QED) is 0.684. The van der Waals surface area contributed by atoms with Crippen LogP contribution in [0.1, 0.15) is 18.4 Å². The summed E-state index contributed by atoms with van der Waals surface area (Å²) in [6, 6.07) is 12.0. The molecular formula is C18H16F3N3O2. The molecule has 0 atom stereocenters. The van der Waals surface area contributed by atoms with E-state index in [0.29, 0.717) is 24.0 Å². The van der Waals surface area contributed by atoms with Crippen LogP contribution < -0.4 is 10.1 Å². The Morgan fingerprint density at radius 1 is 1.04 bits per heavy atom. The third-order valence-corrected chi connectivity index (χ3v) is 3.55. The molecular weight excluding hydrogens is 347 g/mol. The highest BCUT2D eigenvalue weighted by atomic mass is 19.4. The van der Waals surface area contributed by atoms with Crippen molar-refractivity contribution in [3.8, 4) is 17.1 Å². The molecule has 0 aliphatic carbocycles. The zero-order valence-corrected chi connectivity index (χ0v) is 13.9. The van der Waals surface area contributed by atoms with E-state index in [4.69, 9.17) is 9.26 Å². The number of anilines is 1. The molecule has 0 saturated carbocycles. The highest BCUT2D eigenvalue weighted by molar-refractivity contribution is 5.55. The molecule has 0 aliphatic rings. The standard InChI is InChI=1S/C18H16F3N3O2/c1-2-25-15-9-3-12(4-10-15)17-23-16(26-24-17)11-22-14-7-5-13(6-8-14)18(19,20)21/h3-10,22H,2,11H2,1H3. The molecule has 0 radical (unpaired) electrons. The largest absolute Gasteiger partial charge is 0.494 e. The van der Waals surface area contributed by atoms with E-state index in [2.05, 4.69) is 15.5 Å². The smallest absolute Gasteiger partial charge is 0.416 e. The molecule has 3 rings (SSSR count). The summed E-state index contributed by atoms with van der Waals surface area (Å²) in [6.45, 7) is 2.69. The van der Waals surface area contributed by atoms with Gasteiger partial charge in [-0.2, -0.15) is 18.2 Å². The van der Waals surface area contributed by atoms with Gasteiger partial charge in [-0.15, -0.1) is 0 Å². The van der Waals surface area contributed by atoms with E-state index in [1.165, 1.54) is 12.1 Å². The van der Waals surface area contributed by atoms with Crippen LogP contribution >= 0.6 is 0 Å². The number of aromatic nitrogens is 2. The lowest BCUT2D eigenvalue weighted by Crippen LogP contribution is -2.05. The van der Waals surface area contributed by atoms with Crippen LogP contribution in [0.25, 0.3) is 11.4 Å². The Balaban J connectivity index is 1.61. The number of ether oxygens (including phenoxy) is 1. The Bertz CT molecular complexity index is 843. The first-order valence-corrected chi connectivity index (χ1v) is 7.92. The fourth-order valence-corrected chi connectivity index (χ4v) is 2.27. The molecule has 0 spiro atoms. The molecule has 0 aliphatic heterocycles. The summed E-state index contributed by atoms with van der Waals surface area (Å²) in [6.07, 6.45) is -4.35. The molecule has 3 aromatic rings. The molecule has 5 nitrogen and oxygen atoms in total. The Labute approximate surface area is 147 Å². The van der Waals surface area contributed by atoms with E-state index in [1.807, 2.05) is 31.2 Å². The molecule has 1 aromatic heterocycles. The fraction of sp³-hybridized carbons (Fsp3) is 0.222. The number of halogens is 3. The van der Waals surface area contributed by atoms with Crippen molar-refractivity contribution in [2.24, 2.45) is 0 Å². The van der Waals surface area contributed by atoms with Gasteiger partial charge in [-0.25, -0.2) is 0 Å². The van der Waals surface area contributed by atoms with Gasteiger partial charge in [0.25, 0.3) is 0 Å². The maximum Gasteiger partial charge on any atom is 0.416 e. The molecule has 0 fully saturated rings. The van der Waals surface area contributed by atoms with Gasteiger partial charge in [-0.1, -0.05) is 5.16 Å². The Morgan fingerprint density at radius 3 is 2.35 bits per heavy atom. The Kier molecular flexibility index (Phi) is 5.11. The van der Waals surface area contributed by atoms with Crippen LogP contribution in [-0.2, 0) is 12.7 Å². The zero-order chi connectivity index (χ0) is 18.6. The monoisotopic (exact) mass is 363 g/mol. The summed E-state index contributed by atoms with van der Waals surface area (Å²) >= 11 is 0. The fourth-order valence-electron chi connectivity index (χ4n) is 2.27. The van der Waals surface area contributed by atoms with Crippen molar-refractivity contribution < 1.29 is 22.4 Å². The lowest BCUT2D eigenvalue weighted by Gasteiger charge is -2.08. The van der Waals surface area contributed by atoms with Crippen LogP contribution in [0, 0.1) is 0 Å². The molecule has 8 heteroatoms. The summed E-state index contributed by atoms with van der Waals surface area (Å²) < 4.78 is 48.2. The van der Waals surface area contributed by atoms with Crippen LogP contribution in [0.15, 0.2) is 53.1 Å². The summed E-state index contributed by atoms with van der Waals surface area (Å²) in [5.41, 5.74) is 0.607. The Morgan fingerprint density at radius 2 is 1.73 bits per heavy atom. The number of hydrogen-bond acceptors (Lipinski definition) is 5. The zero-order valence-electron chi connectivity index (χ0n) is 13.9. The second-order valence-electron chi connectivity index (χ2n) is 5.40. The van der Waals surface area contributed by atoms with Gasteiger partial charge >= 0.3 is 6.18 Å². The number of benzene rings is 2. The molecule has 0 saturated heterocycles. The van der Waals surface area contributed by atoms with Gasteiger partial charge in [0, 0.05) is 11.3 Å². The van der Waals surface area contributed by atoms with Gasteiger partial charge < -0.3 is 14.6 Å². The molecule has 1 heterocycles. The van der Waals surface area contributed by atoms with Gasteiger partial charge in [0.2, 0.25) is 11.7 Å². The first kappa shape index (κ1) is 17.8. The maximum absolute atomic E-state index is 12.5. The molecule has 2 aromatic carbocycles. The molecule has 1 N–H and O–H groups in total. The summed E-state index contributed by atoms with van der Waals surface area (Å²) in [7, 11) is 0. The number of rotatable bonds is 6. The van der Waals surface area contributed by atoms with Gasteiger partial charge in [0.1, 0.15) is 5.75 Å². The maximum atomic E-state index is 12.5. The number of nitrogens with zero attached hydrogens (tertiary/aromatic N) is 2. The molecule has 136 valence electrons. The Hall–Kier alpha value is -3.03. The second kappa shape index (κ2) is 7.47. The minimum absolute atomic E-state index is 0.204. The first-order valence-electron chi connectivity index (χ1n) is 7.92. The van der Waals surface area contributed by atoms with Gasteiger partial charge in [0.15, 0.2) is 0 Å². The van der Waals surface area contributed by atoms with Crippen LogP contribution in [0.3, 0.4) is 0 Å². The minimum atomic E-state index is -4.35.